The number of hydrogen-bond acceptors (Lipinski definition) is 5. The van der Waals surface area contributed by atoms with Crippen molar-refractivity contribution in [2.24, 2.45) is 0 Å². The van der Waals surface area contributed by atoms with Gasteiger partial charge in [-0.05, 0) is 35.7 Å². The smallest absolute Gasteiger partial charge is 0.417 e. The third-order valence-corrected chi connectivity index (χ3v) is 5.96. The summed E-state index contributed by atoms with van der Waals surface area (Å²) in [6.07, 6.45) is -4.70. The Morgan fingerprint density at radius 2 is 1.74 bits per heavy atom. The first-order valence-corrected chi connectivity index (χ1v) is 11.3. The van der Waals surface area contributed by atoms with Crippen LogP contribution in [0.25, 0.3) is 10.8 Å². The molecule has 3 aromatic rings. The first kappa shape index (κ1) is 25.0. The van der Waals surface area contributed by atoms with Crippen LogP contribution in [0.1, 0.15) is 15.9 Å². The number of benzene rings is 3. The summed E-state index contributed by atoms with van der Waals surface area (Å²) in [5, 5.41) is 2.89. The van der Waals surface area contributed by atoms with E-state index in [1.807, 2.05) is 0 Å². The number of carbonyl (C=O) groups excluding carboxylic acids is 2. The van der Waals surface area contributed by atoms with Gasteiger partial charge in [-0.3, -0.25) is 14.5 Å². The molecular formula is C25H22ClF3N2O4. The highest BCUT2D eigenvalue weighted by molar-refractivity contribution is 6.48. The van der Waals surface area contributed by atoms with Crippen LogP contribution in [0.4, 0.5) is 18.9 Å². The van der Waals surface area contributed by atoms with Crippen molar-refractivity contribution in [3.05, 3.63) is 70.7 Å². The number of nitrogens with zero attached hydrogens (tertiary/aromatic N) is 1. The molecule has 1 amide bonds. The standard InChI is InChI=1S/C25H22ClF3N2O4/c26-21-7-5-16(15-20(21)25(27,28)29)30-24(33)23(32)19-6-8-22(18-4-2-1-3-17(18)19)35-14-11-31-9-12-34-13-10-31/h1-8,15H,9-14H2,(H,30,33). The molecule has 1 heterocycles. The third kappa shape index (κ3) is 5.93. The fourth-order valence-electron chi connectivity index (χ4n) is 3.84. The molecule has 0 atom stereocenters. The molecule has 184 valence electrons. The molecule has 3 aromatic carbocycles. The first-order valence-electron chi connectivity index (χ1n) is 10.9. The van der Waals surface area contributed by atoms with Crippen LogP contribution in [-0.4, -0.2) is 56.0 Å². The van der Waals surface area contributed by atoms with E-state index in [4.69, 9.17) is 21.1 Å². The minimum atomic E-state index is -4.70. The molecule has 0 aromatic heterocycles. The number of carbonyl (C=O) groups is 2. The molecular weight excluding hydrogens is 485 g/mol. The molecule has 1 fully saturated rings. The summed E-state index contributed by atoms with van der Waals surface area (Å²) in [5.41, 5.74) is -1.18. The normalized spacial score (nSPS) is 14.6. The molecule has 6 nitrogen and oxygen atoms in total. The Morgan fingerprint density at radius 3 is 2.46 bits per heavy atom. The van der Waals surface area contributed by atoms with Crippen LogP contribution < -0.4 is 10.1 Å². The fraction of sp³-hybridized carbons (Fsp3) is 0.280. The number of halogens is 4. The molecule has 1 saturated heterocycles. The zero-order valence-corrected chi connectivity index (χ0v) is 19.3. The van der Waals surface area contributed by atoms with E-state index in [1.54, 1.807) is 30.3 Å². The van der Waals surface area contributed by atoms with Crippen molar-refractivity contribution in [3.63, 3.8) is 0 Å². The fourth-order valence-corrected chi connectivity index (χ4v) is 4.06. The monoisotopic (exact) mass is 506 g/mol. The second kappa shape index (κ2) is 10.6. The summed E-state index contributed by atoms with van der Waals surface area (Å²) in [7, 11) is 0. The lowest BCUT2D eigenvalue weighted by Gasteiger charge is -2.26. The van der Waals surface area contributed by atoms with E-state index >= 15 is 0 Å². The number of amides is 1. The molecule has 1 N–H and O–H groups in total. The number of nitrogens with one attached hydrogen (secondary N) is 1. The van der Waals surface area contributed by atoms with E-state index in [1.165, 1.54) is 12.1 Å². The lowest BCUT2D eigenvalue weighted by atomic mass is 10.00. The topological polar surface area (TPSA) is 67.9 Å². The molecule has 0 unspecified atom stereocenters. The Labute approximate surface area is 204 Å². The summed E-state index contributed by atoms with van der Waals surface area (Å²) in [4.78, 5) is 27.8. The van der Waals surface area contributed by atoms with Crippen LogP contribution in [0.3, 0.4) is 0 Å². The predicted octanol–water partition coefficient (Wildman–Crippen LogP) is 5.04. The van der Waals surface area contributed by atoms with E-state index in [9.17, 15) is 22.8 Å². The van der Waals surface area contributed by atoms with Crippen LogP contribution >= 0.6 is 11.6 Å². The summed E-state index contributed by atoms with van der Waals surface area (Å²) >= 11 is 5.62. The number of ketones is 1. The number of hydrogen-bond donors (Lipinski definition) is 1. The van der Waals surface area contributed by atoms with Gasteiger partial charge in [-0.25, -0.2) is 0 Å². The van der Waals surface area contributed by atoms with Gasteiger partial charge in [-0.1, -0.05) is 35.9 Å². The Balaban J connectivity index is 1.51. The van der Waals surface area contributed by atoms with E-state index < -0.39 is 28.5 Å². The third-order valence-electron chi connectivity index (χ3n) is 5.63. The van der Waals surface area contributed by atoms with E-state index in [0.29, 0.717) is 42.4 Å². The van der Waals surface area contributed by atoms with Crippen molar-refractivity contribution in [2.45, 2.75) is 6.18 Å². The van der Waals surface area contributed by atoms with Gasteiger partial charge in [0.15, 0.2) is 0 Å². The Bertz CT molecular complexity index is 1240. The molecule has 10 heteroatoms. The van der Waals surface area contributed by atoms with Crippen molar-refractivity contribution in [2.75, 3.05) is 44.8 Å². The van der Waals surface area contributed by atoms with Gasteiger partial charge >= 0.3 is 6.18 Å². The van der Waals surface area contributed by atoms with Crippen molar-refractivity contribution in [1.82, 2.24) is 4.90 Å². The van der Waals surface area contributed by atoms with Crippen molar-refractivity contribution >= 4 is 39.8 Å². The number of alkyl halides is 3. The van der Waals surface area contributed by atoms with Gasteiger partial charge in [-0.2, -0.15) is 13.2 Å². The molecule has 0 bridgehead atoms. The highest BCUT2D eigenvalue weighted by atomic mass is 35.5. The maximum Gasteiger partial charge on any atom is 0.417 e. The number of morpholine rings is 1. The van der Waals surface area contributed by atoms with Crippen molar-refractivity contribution in [3.8, 4) is 5.75 Å². The van der Waals surface area contributed by atoms with E-state index in [-0.39, 0.29) is 11.3 Å². The minimum Gasteiger partial charge on any atom is -0.492 e. The number of fused-ring (bicyclic) bond motifs is 1. The molecule has 1 aliphatic rings. The molecule has 0 spiro atoms. The molecule has 0 aliphatic carbocycles. The maximum atomic E-state index is 13.1. The maximum absolute atomic E-state index is 13.1. The van der Waals surface area contributed by atoms with Gasteiger partial charge in [0, 0.05) is 36.3 Å². The van der Waals surface area contributed by atoms with Crippen LogP contribution in [0, 0.1) is 0 Å². The van der Waals surface area contributed by atoms with Crippen molar-refractivity contribution in [1.29, 1.82) is 0 Å². The molecule has 0 radical (unpaired) electrons. The summed E-state index contributed by atoms with van der Waals surface area (Å²) in [5.74, 6) is -1.38. The summed E-state index contributed by atoms with van der Waals surface area (Å²) < 4.78 is 50.6. The van der Waals surface area contributed by atoms with Gasteiger partial charge in [0.1, 0.15) is 12.4 Å². The zero-order valence-electron chi connectivity index (χ0n) is 18.5. The van der Waals surface area contributed by atoms with E-state index in [0.717, 1.165) is 25.7 Å². The Kier molecular flexibility index (Phi) is 7.59. The van der Waals surface area contributed by atoms with Gasteiger partial charge in [0.2, 0.25) is 0 Å². The van der Waals surface area contributed by atoms with Gasteiger partial charge in [0.05, 0.1) is 23.8 Å². The summed E-state index contributed by atoms with van der Waals surface area (Å²) in [6.45, 7) is 4.22. The molecule has 1 aliphatic heterocycles. The molecule has 4 rings (SSSR count). The van der Waals surface area contributed by atoms with Gasteiger partial charge < -0.3 is 14.8 Å². The lowest BCUT2D eigenvalue weighted by Crippen LogP contribution is -2.38. The lowest BCUT2D eigenvalue weighted by molar-refractivity contribution is -0.137. The number of Topliss-reactive ketones (excluding diaryl/α,β-unsaturated/α-hetero) is 1. The Morgan fingerprint density at radius 1 is 1.03 bits per heavy atom. The SMILES string of the molecule is O=C(Nc1ccc(Cl)c(C(F)(F)F)c1)C(=O)c1ccc(OCCN2CCOCC2)c2ccccc12. The summed E-state index contributed by atoms with van der Waals surface area (Å²) in [6, 6.07) is 13.0. The van der Waals surface area contributed by atoms with Gasteiger partial charge in [-0.15, -0.1) is 0 Å². The number of ether oxygens (including phenoxy) is 2. The second-order valence-corrected chi connectivity index (χ2v) is 8.34. The van der Waals surface area contributed by atoms with Crippen molar-refractivity contribution < 1.29 is 32.2 Å². The van der Waals surface area contributed by atoms with Crippen LogP contribution in [0.2, 0.25) is 5.02 Å². The van der Waals surface area contributed by atoms with Gasteiger partial charge in [0.25, 0.3) is 11.7 Å². The quantitative estimate of drug-likeness (QED) is 0.359. The molecule has 0 saturated carbocycles. The van der Waals surface area contributed by atoms with E-state index in [2.05, 4.69) is 10.2 Å². The highest BCUT2D eigenvalue weighted by Gasteiger charge is 2.33. The van der Waals surface area contributed by atoms with Crippen LogP contribution in [-0.2, 0) is 15.7 Å². The predicted molar refractivity (Wildman–Crippen MR) is 126 cm³/mol. The Hall–Kier alpha value is -3.14. The second-order valence-electron chi connectivity index (χ2n) is 7.93. The van der Waals surface area contributed by atoms with Crippen LogP contribution in [0.5, 0.6) is 5.75 Å². The number of anilines is 1. The first-order chi connectivity index (χ1) is 16.7. The van der Waals surface area contributed by atoms with Crippen LogP contribution in [0.15, 0.2) is 54.6 Å². The molecule has 35 heavy (non-hydrogen) atoms. The average molecular weight is 507 g/mol. The highest BCUT2D eigenvalue weighted by Crippen LogP contribution is 2.36. The zero-order chi connectivity index (χ0) is 25.0. The largest absolute Gasteiger partial charge is 0.492 e. The average Bonchev–Trinajstić information content (AvgIpc) is 2.85. The minimum absolute atomic E-state index is 0.114. The number of rotatable bonds is 7.